The summed E-state index contributed by atoms with van der Waals surface area (Å²) in [4.78, 5) is 13.0. The predicted molar refractivity (Wildman–Crippen MR) is 114 cm³/mol. The Labute approximate surface area is 186 Å². The van der Waals surface area contributed by atoms with Gasteiger partial charge in [0.2, 0.25) is 15.9 Å². The molecule has 8 nitrogen and oxygen atoms in total. The van der Waals surface area contributed by atoms with E-state index in [0.29, 0.717) is 43.1 Å². The molecule has 172 valence electrons. The van der Waals surface area contributed by atoms with Crippen LogP contribution in [0.5, 0.6) is 17.2 Å². The molecule has 2 unspecified atom stereocenters. The van der Waals surface area contributed by atoms with Gasteiger partial charge in [0.15, 0.2) is 23.1 Å². The minimum Gasteiger partial charge on any atom is -0.494 e. The van der Waals surface area contributed by atoms with Crippen LogP contribution >= 0.6 is 0 Å². The lowest BCUT2D eigenvalue weighted by atomic mass is 10.1. The molecule has 0 aliphatic carbocycles. The van der Waals surface area contributed by atoms with E-state index < -0.39 is 33.8 Å². The molecule has 2 aliphatic rings. The first-order chi connectivity index (χ1) is 15.3. The SMILES string of the molecule is COc1ccc(C(C)NC(=O)C2CCCN2S(=O)(=O)c2ccc3c(c2)OCCO3)cc1F. The van der Waals surface area contributed by atoms with Crippen molar-refractivity contribution < 1.29 is 31.8 Å². The van der Waals surface area contributed by atoms with Crippen LogP contribution in [0.3, 0.4) is 0 Å². The van der Waals surface area contributed by atoms with Crippen molar-refractivity contribution in [3.05, 3.63) is 47.8 Å². The highest BCUT2D eigenvalue weighted by Gasteiger charge is 2.40. The molecule has 1 fully saturated rings. The Morgan fingerprint density at radius 2 is 1.94 bits per heavy atom. The van der Waals surface area contributed by atoms with Crippen LogP contribution in [0.15, 0.2) is 41.3 Å². The Hall–Kier alpha value is -2.85. The monoisotopic (exact) mass is 464 g/mol. The van der Waals surface area contributed by atoms with Crippen LogP contribution in [-0.4, -0.2) is 51.5 Å². The number of nitrogens with one attached hydrogen (secondary N) is 1. The quantitative estimate of drug-likeness (QED) is 0.707. The van der Waals surface area contributed by atoms with E-state index in [1.54, 1.807) is 19.1 Å². The molecule has 0 radical (unpaired) electrons. The summed E-state index contributed by atoms with van der Waals surface area (Å²) in [7, 11) is -2.55. The van der Waals surface area contributed by atoms with E-state index in [1.165, 1.54) is 35.7 Å². The zero-order valence-corrected chi connectivity index (χ0v) is 18.7. The molecule has 0 spiro atoms. The second-order valence-electron chi connectivity index (χ2n) is 7.70. The summed E-state index contributed by atoms with van der Waals surface area (Å²) in [5, 5.41) is 2.81. The number of carbonyl (C=O) groups is 1. The smallest absolute Gasteiger partial charge is 0.243 e. The minimum atomic E-state index is -3.92. The number of amides is 1. The van der Waals surface area contributed by atoms with Gasteiger partial charge in [-0.25, -0.2) is 12.8 Å². The molecule has 2 atom stereocenters. The van der Waals surface area contributed by atoms with Crippen molar-refractivity contribution in [2.24, 2.45) is 0 Å². The van der Waals surface area contributed by atoms with E-state index in [0.717, 1.165) is 0 Å². The summed E-state index contributed by atoms with van der Waals surface area (Å²) < 4.78 is 57.7. The maximum atomic E-state index is 14.0. The number of methoxy groups -OCH3 is 1. The van der Waals surface area contributed by atoms with Gasteiger partial charge in [-0.2, -0.15) is 4.31 Å². The molecule has 2 aromatic carbocycles. The van der Waals surface area contributed by atoms with Gasteiger partial charge < -0.3 is 19.5 Å². The summed E-state index contributed by atoms with van der Waals surface area (Å²) >= 11 is 0. The van der Waals surface area contributed by atoms with Crippen LogP contribution in [0, 0.1) is 5.82 Å². The molecule has 2 heterocycles. The van der Waals surface area contributed by atoms with Gasteiger partial charge in [-0.15, -0.1) is 0 Å². The number of benzene rings is 2. The van der Waals surface area contributed by atoms with Gasteiger partial charge in [0.05, 0.1) is 18.0 Å². The van der Waals surface area contributed by atoms with Gasteiger partial charge in [0.25, 0.3) is 0 Å². The maximum absolute atomic E-state index is 14.0. The molecule has 10 heteroatoms. The van der Waals surface area contributed by atoms with Crippen molar-refractivity contribution in [2.75, 3.05) is 26.9 Å². The van der Waals surface area contributed by atoms with E-state index >= 15 is 0 Å². The van der Waals surface area contributed by atoms with Gasteiger partial charge in [-0.3, -0.25) is 4.79 Å². The van der Waals surface area contributed by atoms with Crippen LogP contribution < -0.4 is 19.5 Å². The van der Waals surface area contributed by atoms with Gasteiger partial charge in [-0.1, -0.05) is 6.07 Å². The Morgan fingerprint density at radius 3 is 2.66 bits per heavy atom. The number of carbonyl (C=O) groups excluding carboxylic acids is 1. The first kappa shape index (κ1) is 22.3. The molecule has 1 amide bonds. The average Bonchev–Trinajstić information content (AvgIpc) is 3.30. The first-order valence-corrected chi connectivity index (χ1v) is 11.8. The molecule has 2 aliphatic heterocycles. The largest absolute Gasteiger partial charge is 0.494 e. The van der Waals surface area contributed by atoms with Gasteiger partial charge in [0, 0.05) is 12.6 Å². The summed E-state index contributed by atoms with van der Waals surface area (Å²) in [5.74, 6) is 0.0148. The predicted octanol–water partition coefficient (Wildman–Crippen LogP) is 2.64. The van der Waals surface area contributed by atoms with Crippen LogP contribution in [-0.2, 0) is 14.8 Å². The van der Waals surface area contributed by atoms with E-state index in [2.05, 4.69) is 5.32 Å². The first-order valence-electron chi connectivity index (χ1n) is 10.4. The van der Waals surface area contributed by atoms with E-state index in [4.69, 9.17) is 14.2 Å². The lowest BCUT2D eigenvalue weighted by Gasteiger charge is -2.26. The molecule has 0 bridgehead atoms. The number of hydrogen-bond acceptors (Lipinski definition) is 6. The van der Waals surface area contributed by atoms with Gasteiger partial charge >= 0.3 is 0 Å². The highest BCUT2D eigenvalue weighted by atomic mass is 32.2. The lowest BCUT2D eigenvalue weighted by Crippen LogP contribution is -2.46. The van der Waals surface area contributed by atoms with Crippen LogP contribution in [0.1, 0.15) is 31.4 Å². The lowest BCUT2D eigenvalue weighted by molar-refractivity contribution is -0.124. The molecule has 32 heavy (non-hydrogen) atoms. The Bertz CT molecular complexity index is 1120. The van der Waals surface area contributed by atoms with Crippen LogP contribution in [0.4, 0.5) is 4.39 Å². The summed E-state index contributed by atoms with van der Waals surface area (Å²) in [6, 6.07) is 7.53. The number of hydrogen-bond donors (Lipinski definition) is 1. The Kier molecular flexibility index (Phi) is 6.25. The average molecular weight is 465 g/mol. The number of nitrogens with zero attached hydrogens (tertiary/aromatic N) is 1. The summed E-state index contributed by atoms with van der Waals surface area (Å²) in [6.45, 7) is 2.70. The zero-order valence-electron chi connectivity index (χ0n) is 17.8. The third kappa shape index (κ3) is 4.24. The Morgan fingerprint density at radius 1 is 1.19 bits per heavy atom. The second-order valence-corrected chi connectivity index (χ2v) is 9.59. The molecular weight excluding hydrogens is 439 g/mol. The molecule has 0 saturated carbocycles. The zero-order chi connectivity index (χ0) is 22.9. The van der Waals surface area contributed by atoms with E-state index in [1.807, 2.05) is 0 Å². The normalized spacial score (nSPS) is 19.4. The molecular formula is C22H25FN2O6S. The van der Waals surface area contributed by atoms with E-state index in [9.17, 15) is 17.6 Å². The molecule has 1 saturated heterocycles. The van der Waals surface area contributed by atoms with E-state index in [-0.39, 0.29) is 17.2 Å². The molecule has 4 rings (SSSR count). The standard InChI is InChI=1S/C22H25FN2O6S/c1-14(15-5-7-19(29-2)17(23)12-15)24-22(26)18-4-3-9-25(18)32(27,28)16-6-8-20-21(13-16)31-11-10-30-20/h5-8,12-14,18H,3-4,9-11H2,1-2H3,(H,24,26). The number of ether oxygens (including phenoxy) is 3. The fourth-order valence-electron chi connectivity index (χ4n) is 3.95. The fraction of sp³-hybridized carbons (Fsp3) is 0.409. The molecule has 1 N–H and O–H groups in total. The topological polar surface area (TPSA) is 94.2 Å². The van der Waals surface area contributed by atoms with Gasteiger partial charge in [0.1, 0.15) is 19.3 Å². The van der Waals surface area contributed by atoms with Crippen molar-refractivity contribution in [1.29, 1.82) is 0 Å². The van der Waals surface area contributed by atoms with Gasteiger partial charge in [-0.05, 0) is 49.6 Å². The fourth-order valence-corrected chi connectivity index (χ4v) is 5.63. The minimum absolute atomic E-state index is 0.0479. The number of sulfonamides is 1. The number of fused-ring (bicyclic) bond motifs is 1. The number of rotatable bonds is 6. The highest BCUT2D eigenvalue weighted by molar-refractivity contribution is 7.89. The van der Waals surface area contributed by atoms with Crippen molar-refractivity contribution in [3.8, 4) is 17.2 Å². The van der Waals surface area contributed by atoms with Crippen molar-refractivity contribution in [1.82, 2.24) is 9.62 Å². The van der Waals surface area contributed by atoms with Crippen LogP contribution in [0.2, 0.25) is 0 Å². The third-order valence-electron chi connectivity index (χ3n) is 5.66. The van der Waals surface area contributed by atoms with Crippen LogP contribution in [0.25, 0.3) is 0 Å². The second kappa shape index (κ2) is 8.95. The Balaban J connectivity index is 1.51. The highest BCUT2D eigenvalue weighted by Crippen LogP contribution is 2.35. The summed E-state index contributed by atoms with van der Waals surface area (Å²) in [6.07, 6.45) is 0.965. The van der Waals surface area contributed by atoms with Crippen molar-refractivity contribution in [3.63, 3.8) is 0 Å². The number of halogens is 1. The van der Waals surface area contributed by atoms with Crippen molar-refractivity contribution >= 4 is 15.9 Å². The maximum Gasteiger partial charge on any atom is 0.243 e. The molecule has 2 aromatic rings. The summed E-state index contributed by atoms with van der Waals surface area (Å²) in [5.41, 5.74) is 0.552. The molecule has 0 aromatic heterocycles. The third-order valence-corrected chi connectivity index (χ3v) is 7.57. The van der Waals surface area contributed by atoms with Crippen molar-refractivity contribution in [2.45, 2.75) is 36.7 Å².